The van der Waals surface area contributed by atoms with Crippen LogP contribution in [0.15, 0.2) is 54.6 Å². The summed E-state index contributed by atoms with van der Waals surface area (Å²) < 4.78 is 29.8. The summed E-state index contributed by atoms with van der Waals surface area (Å²) in [4.78, 5) is 27.4. The highest BCUT2D eigenvalue weighted by Crippen LogP contribution is 2.29. The molecule has 1 saturated heterocycles. The molecule has 7 nitrogen and oxygen atoms in total. The molecule has 1 atom stereocenters. The van der Waals surface area contributed by atoms with Crippen molar-refractivity contribution in [1.82, 2.24) is 10.2 Å². The highest BCUT2D eigenvalue weighted by atomic mass is 32.2. The van der Waals surface area contributed by atoms with Gasteiger partial charge in [0, 0.05) is 24.2 Å². The molecule has 2 aromatic rings. The highest BCUT2D eigenvalue weighted by Gasteiger charge is 2.39. The first kappa shape index (κ1) is 23.3. The average Bonchev–Trinajstić information content (AvgIpc) is 3.47. The maximum Gasteiger partial charge on any atom is 0.261 e. The van der Waals surface area contributed by atoms with Crippen LogP contribution in [0.2, 0.25) is 0 Å². The van der Waals surface area contributed by atoms with E-state index < -0.39 is 9.84 Å². The van der Waals surface area contributed by atoms with Crippen LogP contribution in [-0.4, -0.2) is 55.3 Å². The Morgan fingerprint density at radius 1 is 0.970 bits per heavy atom. The first-order valence-electron chi connectivity index (χ1n) is 11.5. The Hall–Kier alpha value is -2.87. The summed E-state index contributed by atoms with van der Waals surface area (Å²) in [6.45, 7) is 0.242. The van der Waals surface area contributed by atoms with Crippen molar-refractivity contribution in [1.29, 1.82) is 0 Å². The van der Waals surface area contributed by atoms with Crippen molar-refractivity contribution in [2.45, 2.75) is 50.7 Å². The molecule has 4 rings (SSSR count). The van der Waals surface area contributed by atoms with Gasteiger partial charge >= 0.3 is 0 Å². The lowest BCUT2D eigenvalue weighted by atomic mass is 10.1. The standard InChI is InChI=1S/C25H30N2O5S/c28-24(27(21-10-4-5-11-21)22-13-14-33(30,31)18-22)17-32-23-12-6-9-20(15-23)25(29)26-16-19-7-2-1-3-8-19/h1-3,6-9,12,15,21-22H,4-5,10-11,13-14,16-18H2,(H,26,29). The van der Waals surface area contributed by atoms with E-state index in [1.54, 1.807) is 29.2 Å². The zero-order chi connectivity index (χ0) is 23.3. The molecule has 8 heteroatoms. The van der Waals surface area contributed by atoms with E-state index in [0.29, 0.717) is 24.3 Å². The summed E-state index contributed by atoms with van der Waals surface area (Å²) >= 11 is 0. The summed E-state index contributed by atoms with van der Waals surface area (Å²) in [5.74, 6) is 0.185. The topological polar surface area (TPSA) is 92.8 Å². The van der Waals surface area contributed by atoms with E-state index in [1.807, 2.05) is 30.3 Å². The van der Waals surface area contributed by atoms with Crippen LogP contribution < -0.4 is 10.1 Å². The van der Waals surface area contributed by atoms with Crippen molar-refractivity contribution >= 4 is 21.7 Å². The summed E-state index contributed by atoms with van der Waals surface area (Å²) in [6, 6.07) is 16.2. The number of nitrogens with zero attached hydrogens (tertiary/aromatic N) is 1. The number of rotatable bonds is 8. The predicted molar refractivity (Wildman–Crippen MR) is 126 cm³/mol. The van der Waals surface area contributed by atoms with Gasteiger partial charge < -0.3 is 15.0 Å². The second kappa shape index (κ2) is 10.4. The largest absolute Gasteiger partial charge is 0.484 e. The van der Waals surface area contributed by atoms with Gasteiger partial charge in [0.05, 0.1) is 11.5 Å². The molecule has 33 heavy (non-hydrogen) atoms. The van der Waals surface area contributed by atoms with Crippen molar-refractivity contribution in [3.05, 3.63) is 65.7 Å². The third-order valence-corrected chi connectivity index (χ3v) is 8.11. The molecule has 1 aliphatic carbocycles. The van der Waals surface area contributed by atoms with Gasteiger partial charge in [-0.2, -0.15) is 0 Å². The molecule has 1 saturated carbocycles. The Labute approximate surface area is 195 Å². The predicted octanol–water partition coefficient (Wildman–Crippen LogP) is 2.95. The molecule has 176 valence electrons. The van der Waals surface area contributed by atoms with Crippen LogP contribution in [0.1, 0.15) is 48.0 Å². The normalized spacial score (nSPS) is 19.8. The minimum absolute atomic E-state index is 0.0340. The Kier molecular flexibility index (Phi) is 7.33. The quantitative estimate of drug-likeness (QED) is 0.640. The SMILES string of the molecule is O=C(NCc1ccccc1)c1cccc(OCC(=O)N(C2CCCC2)C2CCS(=O)(=O)C2)c1. The van der Waals surface area contributed by atoms with Crippen molar-refractivity contribution < 1.29 is 22.7 Å². The Morgan fingerprint density at radius 2 is 1.73 bits per heavy atom. The highest BCUT2D eigenvalue weighted by molar-refractivity contribution is 7.91. The number of sulfone groups is 1. The molecular formula is C25H30N2O5S. The van der Waals surface area contributed by atoms with Crippen molar-refractivity contribution in [2.24, 2.45) is 0 Å². The van der Waals surface area contributed by atoms with Gasteiger partial charge in [0.2, 0.25) is 0 Å². The zero-order valence-electron chi connectivity index (χ0n) is 18.6. The van der Waals surface area contributed by atoms with Gasteiger partial charge in [0.15, 0.2) is 16.4 Å². The molecule has 1 heterocycles. The fraction of sp³-hybridized carbons (Fsp3) is 0.440. The summed E-state index contributed by atoms with van der Waals surface area (Å²) in [7, 11) is -3.09. The molecule has 1 aliphatic heterocycles. The molecule has 0 aromatic heterocycles. The summed E-state index contributed by atoms with van der Waals surface area (Å²) in [5.41, 5.74) is 1.45. The van der Waals surface area contributed by atoms with Crippen LogP contribution in [0.3, 0.4) is 0 Å². The number of ether oxygens (including phenoxy) is 1. The minimum Gasteiger partial charge on any atom is -0.484 e. The van der Waals surface area contributed by atoms with Crippen LogP contribution in [-0.2, 0) is 21.2 Å². The van der Waals surface area contributed by atoms with Gasteiger partial charge in [-0.25, -0.2) is 8.42 Å². The van der Waals surface area contributed by atoms with Gasteiger partial charge in [-0.05, 0) is 43.0 Å². The molecule has 2 amide bonds. The van der Waals surface area contributed by atoms with Crippen LogP contribution in [0.25, 0.3) is 0 Å². The van der Waals surface area contributed by atoms with Gasteiger partial charge in [0.1, 0.15) is 5.75 Å². The Balaban J connectivity index is 1.37. The smallest absolute Gasteiger partial charge is 0.261 e. The second-order valence-corrected chi connectivity index (χ2v) is 11.0. The lowest BCUT2D eigenvalue weighted by molar-refractivity contribution is -0.137. The third kappa shape index (κ3) is 6.13. The van der Waals surface area contributed by atoms with Gasteiger partial charge in [0.25, 0.3) is 11.8 Å². The Morgan fingerprint density at radius 3 is 2.42 bits per heavy atom. The molecule has 1 unspecified atom stereocenters. The maximum absolute atomic E-state index is 13.1. The summed E-state index contributed by atoms with van der Waals surface area (Å²) in [6.07, 6.45) is 4.39. The first-order chi connectivity index (χ1) is 15.9. The molecule has 1 N–H and O–H groups in total. The molecule has 0 radical (unpaired) electrons. The fourth-order valence-electron chi connectivity index (χ4n) is 4.71. The van der Waals surface area contributed by atoms with E-state index in [2.05, 4.69) is 5.32 Å². The third-order valence-electron chi connectivity index (χ3n) is 6.36. The van der Waals surface area contributed by atoms with E-state index in [4.69, 9.17) is 4.74 Å². The number of nitrogens with one attached hydrogen (secondary N) is 1. The molecule has 0 spiro atoms. The zero-order valence-corrected chi connectivity index (χ0v) is 19.4. The Bertz CT molecular complexity index is 1080. The van der Waals surface area contributed by atoms with E-state index in [9.17, 15) is 18.0 Å². The van der Waals surface area contributed by atoms with Crippen LogP contribution in [0, 0.1) is 0 Å². The van der Waals surface area contributed by atoms with E-state index in [1.165, 1.54) is 0 Å². The monoisotopic (exact) mass is 470 g/mol. The molecule has 0 bridgehead atoms. The van der Waals surface area contributed by atoms with Gasteiger partial charge in [-0.15, -0.1) is 0 Å². The van der Waals surface area contributed by atoms with Gasteiger partial charge in [-0.3, -0.25) is 9.59 Å². The lowest BCUT2D eigenvalue weighted by Gasteiger charge is -2.34. The number of hydrogen-bond acceptors (Lipinski definition) is 5. The van der Waals surface area contributed by atoms with Gasteiger partial charge in [-0.1, -0.05) is 49.2 Å². The number of benzene rings is 2. The van der Waals surface area contributed by atoms with Crippen molar-refractivity contribution in [2.75, 3.05) is 18.1 Å². The fourth-order valence-corrected chi connectivity index (χ4v) is 6.42. The number of hydrogen-bond donors (Lipinski definition) is 1. The summed E-state index contributed by atoms with van der Waals surface area (Å²) in [5, 5.41) is 2.88. The molecule has 2 aliphatic rings. The van der Waals surface area contributed by atoms with Crippen molar-refractivity contribution in [3.63, 3.8) is 0 Å². The minimum atomic E-state index is -3.09. The number of carbonyl (C=O) groups excluding carboxylic acids is 2. The molecular weight excluding hydrogens is 440 g/mol. The second-order valence-electron chi connectivity index (χ2n) is 8.78. The average molecular weight is 471 g/mol. The maximum atomic E-state index is 13.1. The van der Waals surface area contributed by atoms with Crippen molar-refractivity contribution in [3.8, 4) is 5.75 Å². The van der Waals surface area contributed by atoms with Crippen LogP contribution >= 0.6 is 0 Å². The lowest BCUT2D eigenvalue weighted by Crippen LogP contribution is -2.48. The van der Waals surface area contributed by atoms with Crippen LogP contribution in [0.5, 0.6) is 5.75 Å². The number of carbonyl (C=O) groups is 2. The van der Waals surface area contributed by atoms with E-state index in [-0.39, 0.29) is 42.0 Å². The number of amides is 2. The van der Waals surface area contributed by atoms with E-state index >= 15 is 0 Å². The van der Waals surface area contributed by atoms with E-state index in [0.717, 1.165) is 31.2 Å². The van der Waals surface area contributed by atoms with Crippen LogP contribution in [0.4, 0.5) is 0 Å². The molecule has 2 aromatic carbocycles. The molecule has 2 fully saturated rings. The first-order valence-corrected chi connectivity index (χ1v) is 13.3.